The number of aliphatic imine (C=N–C) groups is 2. The zero-order chi connectivity index (χ0) is 8.53. The number of hydrogen-bond acceptors (Lipinski definition) is 2. The highest BCUT2D eigenvalue weighted by Gasteiger charge is 1.77. The van der Waals surface area contributed by atoms with Crippen molar-refractivity contribution >= 4 is 13.1 Å². The van der Waals surface area contributed by atoms with Gasteiger partial charge in [0.2, 0.25) is 0 Å². The maximum atomic E-state index is 3.98. The molecule has 0 aliphatic carbocycles. The average molecular weight is 151 g/mol. The van der Waals surface area contributed by atoms with Crippen LogP contribution >= 0.6 is 0 Å². The minimum absolute atomic E-state index is 0.509. The lowest BCUT2D eigenvalue weighted by Gasteiger charge is -1.93. The lowest BCUT2D eigenvalue weighted by atomic mass is 10.5. The molecule has 11 heavy (non-hydrogen) atoms. The van der Waals surface area contributed by atoms with Crippen molar-refractivity contribution in [1.29, 1.82) is 0 Å². The van der Waals surface area contributed by atoms with E-state index in [2.05, 4.69) is 28.6 Å². The zero-order valence-corrected chi connectivity index (χ0v) is 6.75. The molecule has 0 rings (SSSR count). The Balaban J connectivity index is 3.44. The molecular weight excluding hydrogens is 138 g/mol. The third-order valence-corrected chi connectivity index (χ3v) is 0.960. The van der Waals surface area contributed by atoms with Crippen molar-refractivity contribution in [3.05, 3.63) is 24.6 Å². The van der Waals surface area contributed by atoms with Crippen molar-refractivity contribution in [1.82, 2.24) is 5.32 Å². The lowest BCUT2D eigenvalue weighted by molar-refractivity contribution is 1.10. The number of nitrogens with one attached hydrogen (secondary N) is 1. The normalized spacial score (nSPS) is 10.6. The quantitative estimate of drug-likeness (QED) is 0.359. The first-order valence-corrected chi connectivity index (χ1v) is 3.33. The van der Waals surface area contributed by atoms with Gasteiger partial charge in [0.15, 0.2) is 0 Å². The molecule has 0 aromatic carbocycles. The molecule has 0 atom stereocenters. The molecule has 0 amide bonds. The van der Waals surface area contributed by atoms with E-state index in [-0.39, 0.29) is 0 Å². The smallest absolute Gasteiger partial charge is 0.122 e. The molecule has 0 heterocycles. The third kappa shape index (κ3) is 6.51. The SMILES string of the molecule is C=NC(=C)NC=NC/C=C\C. The molecule has 0 aliphatic heterocycles. The Hall–Kier alpha value is -1.38. The molecule has 0 spiro atoms. The summed E-state index contributed by atoms with van der Waals surface area (Å²) in [5.41, 5.74) is 0. The minimum Gasteiger partial charge on any atom is -0.332 e. The van der Waals surface area contributed by atoms with E-state index < -0.39 is 0 Å². The Morgan fingerprint density at radius 2 is 2.36 bits per heavy atom. The molecule has 0 aromatic heterocycles. The van der Waals surface area contributed by atoms with Crippen molar-refractivity contribution in [2.24, 2.45) is 9.98 Å². The van der Waals surface area contributed by atoms with Gasteiger partial charge in [0.25, 0.3) is 0 Å². The van der Waals surface area contributed by atoms with E-state index in [9.17, 15) is 0 Å². The molecule has 0 unspecified atom stereocenters. The first-order valence-electron chi connectivity index (χ1n) is 3.33. The molecular formula is C8H13N3. The van der Waals surface area contributed by atoms with Crippen LogP contribution in [0.5, 0.6) is 0 Å². The second-order valence-corrected chi connectivity index (χ2v) is 1.81. The van der Waals surface area contributed by atoms with Crippen LogP contribution in [0.4, 0.5) is 0 Å². The molecule has 0 saturated carbocycles. The molecule has 3 nitrogen and oxygen atoms in total. The van der Waals surface area contributed by atoms with Crippen LogP contribution in [0.15, 0.2) is 34.5 Å². The van der Waals surface area contributed by atoms with Crippen molar-refractivity contribution in [2.45, 2.75) is 6.92 Å². The highest BCUT2D eigenvalue weighted by molar-refractivity contribution is 5.57. The molecule has 1 N–H and O–H groups in total. The van der Waals surface area contributed by atoms with Crippen molar-refractivity contribution in [3.8, 4) is 0 Å². The first-order chi connectivity index (χ1) is 5.31. The van der Waals surface area contributed by atoms with Gasteiger partial charge in [-0.15, -0.1) is 0 Å². The summed E-state index contributed by atoms with van der Waals surface area (Å²) < 4.78 is 0. The Bertz CT molecular complexity index is 180. The highest BCUT2D eigenvalue weighted by Crippen LogP contribution is 1.78. The molecule has 0 radical (unpaired) electrons. The van der Waals surface area contributed by atoms with Gasteiger partial charge >= 0.3 is 0 Å². The Morgan fingerprint density at radius 3 is 2.91 bits per heavy atom. The third-order valence-electron chi connectivity index (χ3n) is 0.960. The van der Waals surface area contributed by atoms with Crippen LogP contribution in [0.3, 0.4) is 0 Å². The number of hydrogen-bond donors (Lipinski definition) is 1. The topological polar surface area (TPSA) is 36.8 Å². The van der Waals surface area contributed by atoms with Gasteiger partial charge in [-0.2, -0.15) is 0 Å². The summed E-state index contributed by atoms with van der Waals surface area (Å²) in [7, 11) is 0. The van der Waals surface area contributed by atoms with Crippen molar-refractivity contribution in [3.63, 3.8) is 0 Å². The summed E-state index contributed by atoms with van der Waals surface area (Å²) in [5.74, 6) is 0.509. The second-order valence-electron chi connectivity index (χ2n) is 1.81. The summed E-state index contributed by atoms with van der Waals surface area (Å²) in [6, 6.07) is 0. The van der Waals surface area contributed by atoms with Gasteiger partial charge in [-0.05, 0) is 13.6 Å². The molecule has 0 aliphatic rings. The summed E-state index contributed by atoms with van der Waals surface area (Å²) in [6.07, 6.45) is 5.44. The maximum Gasteiger partial charge on any atom is 0.122 e. The molecule has 0 aromatic rings. The predicted octanol–water partition coefficient (Wildman–Crippen LogP) is 1.35. The fraction of sp³-hybridized carbons (Fsp3) is 0.250. The summed E-state index contributed by atoms with van der Waals surface area (Å²) in [6.45, 7) is 9.46. The summed E-state index contributed by atoms with van der Waals surface area (Å²) in [5, 5.41) is 2.74. The van der Waals surface area contributed by atoms with Crippen LogP contribution in [-0.4, -0.2) is 19.6 Å². The maximum absolute atomic E-state index is 3.98. The minimum atomic E-state index is 0.509. The van der Waals surface area contributed by atoms with E-state index in [1.54, 1.807) is 6.34 Å². The van der Waals surface area contributed by atoms with E-state index in [4.69, 9.17) is 0 Å². The summed E-state index contributed by atoms with van der Waals surface area (Å²) >= 11 is 0. The van der Waals surface area contributed by atoms with Crippen LogP contribution in [-0.2, 0) is 0 Å². The molecule has 3 heteroatoms. The van der Waals surface area contributed by atoms with E-state index in [0.29, 0.717) is 12.4 Å². The van der Waals surface area contributed by atoms with Crippen LogP contribution in [0.1, 0.15) is 6.92 Å². The van der Waals surface area contributed by atoms with E-state index in [1.165, 1.54) is 0 Å². The van der Waals surface area contributed by atoms with Crippen molar-refractivity contribution in [2.75, 3.05) is 6.54 Å². The fourth-order valence-electron chi connectivity index (χ4n) is 0.385. The van der Waals surface area contributed by atoms with Gasteiger partial charge in [-0.25, -0.2) is 4.99 Å². The monoisotopic (exact) mass is 151 g/mol. The van der Waals surface area contributed by atoms with Crippen molar-refractivity contribution < 1.29 is 0 Å². The molecule has 0 saturated heterocycles. The highest BCUT2D eigenvalue weighted by atomic mass is 15.0. The van der Waals surface area contributed by atoms with Crippen LogP contribution < -0.4 is 5.32 Å². The number of nitrogens with zero attached hydrogens (tertiary/aromatic N) is 2. The molecule has 0 fully saturated rings. The Labute approximate surface area is 67.3 Å². The fourth-order valence-corrected chi connectivity index (χ4v) is 0.385. The van der Waals surface area contributed by atoms with Crippen LogP contribution in [0, 0.1) is 0 Å². The largest absolute Gasteiger partial charge is 0.332 e. The number of rotatable bonds is 5. The summed E-state index contributed by atoms with van der Waals surface area (Å²) in [4.78, 5) is 7.52. The van der Waals surface area contributed by atoms with Gasteiger partial charge in [-0.3, -0.25) is 4.99 Å². The molecule has 0 bridgehead atoms. The zero-order valence-electron chi connectivity index (χ0n) is 6.75. The first kappa shape index (κ1) is 9.62. The standard InChI is InChI=1S/C8H13N3/c1-4-5-6-10-7-11-8(2)9-3/h4-5,7H,2-3,6H2,1H3,(H,10,11)/b5-4-. The van der Waals surface area contributed by atoms with E-state index in [0.717, 1.165) is 0 Å². The van der Waals surface area contributed by atoms with E-state index >= 15 is 0 Å². The Morgan fingerprint density at radius 1 is 1.64 bits per heavy atom. The Kier molecular flexibility index (Phi) is 5.89. The van der Waals surface area contributed by atoms with Crippen LogP contribution in [0.2, 0.25) is 0 Å². The predicted molar refractivity (Wildman–Crippen MR) is 50.0 cm³/mol. The van der Waals surface area contributed by atoms with E-state index in [1.807, 2.05) is 19.1 Å². The molecule has 60 valence electrons. The van der Waals surface area contributed by atoms with Gasteiger partial charge in [0.05, 0.1) is 12.9 Å². The lowest BCUT2D eigenvalue weighted by Crippen LogP contribution is -2.07. The van der Waals surface area contributed by atoms with Gasteiger partial charge < -0.3 is 5.32 Å². The van der Waals surface area contributed by atoms with Gasteiger partial charge in [0, 0.05) is 0 Å². The second kappa shape index (κ2) is 6.74. The van der Waals surface area contributed by atoms with Gasteiger partial charge in [-0.1, -0.05) is 18.7 Å². The van der Waals surface area contributed by atoms with Gasteiger partial charge in [0.1, 0.15) is 5.82 Å². The van der Waals surface area contributed by atoms with Crippen LogP contribution in [0.25, 0.3) is 0 Å². The average Bonchev–Trinajstić information content (AvgIpc) is 2.04. The number of allylic oxidation sites excluding steroid dienone is 1.